The number of ether oxygens (including phenoxy) is 1. The van der Waals surface area contributed by atoms with Crippen molar-refractivity contribution in [2.75, 3.05) is 26.2 Å². The Labute approximate surface area is 122 Å². The van der Waals surface area contributed by atoms with Crippen LogP contribution < -0.4 is 5.73 Å². The molecule has 2 fully saturated rings. The Bertz CT molecular complexity index is 352. The molecular formula is C15H29N3O2. The van der Waals surface area contributed by atoms with Crippen LogP contribution in [0.5, 0.6) is 0 Å². The molecule has 0 aromatic rings. The molecule has 2 aliphatic rings. The predicted octanol–water partition coefficient (Wildman–Crippen LogP) is 1.66. The molecule has 116 valence electrons. The maximum Gasteiger partial charge on any atom is 0.410 e. The lowest BCUT2D eigenvalue weighted by Crippen LogP contribution is -2.40. The molecule has 5 heteroatoms. The molecule has 0 aromatic heterocycles. The van der Waals surface area contributed by atoms with E-state index in [1.807, 2.05) is 25.7 Å². The Kier molecular flexibility index (Phi) is 4.59. The monoisotopic (exact) mass is 283 g/mol. The first kappa shape index (κ1) is 15.6. The quantitative estimate of drug-likeness (QED) is 0.837. The van der Waals surface area contributed by atoms with Crippen molar-refractivity contribution in [3.8, 4) is 0 Å². The van der Waals surface area contributed by atoms with E-state index in [0.29, 0.717) is 12.0 Å². The van der Waals surface area contributed by atoms with Crippen LogP contribution in [0.1, 0.15) is 40.5 Å². The molecule has 0 bridgehead atoms. The number of carbonyl (C=O) groups excluding carboxylic acids is 1. The topological polar surface area (TPSA) is 58.8 Å². The van der Waals surface area contributed by atoms with Gasteiger partial charge >= 0.3 is 6.09 Å². The third kappa shape index (κ3) is 3.85. The zero-order valence-electron chi connectivity index (χ0n) is 13.3. The van der Waals surface area contributed by atoms with E-state index in [1.54, 1.807) is 0 Å². The summed E-state index contributed by atoms with van der Waals surface area (Å²) < 4.78 is 5.44. The van der Waals surface area contributed by atoms with Gasteiger partial charge in [0.25, 0.3) is 0 Å². The molecule has 3 unspecified atom stereocenters. The number of hydrogen-bond donors (Lipinski definition) is 1. The van der Waals surface area contributed by atoms with Gasteiger partial charge in [-0.05, 0) is 53.0 Å². The largest absolute Gasteiger partial charge is 0.444 e. The molecule has 0 radical (unpaired) electrons. The van der Waals surface area contributed by atoms with Crippen LogP contribution >= 0.6 is 0 Å². The third-order valence-electron chi connectivity index (χ3n) is 4.33. The Morgan fingerprint density at radius 1 is 1.25 bits per heavy atom. The molecule has 2 rings (SSSR count). The average Bonchev–Trinajstić information content (AvgIpc) is 2.95. The van der Waals surface area contributed by atoms with Crippen molar-refractivity contribution < 1.29 is 9.53 Å². The first-order valence-electron chi connectivity index (χ1n) is 7.74. The SMILES string of the molecule is CC(N)C1CCN(C2CCN(C(=O)OC(C)(C)C)C2)C1. The van der Waals surface area contributed by atoms with Gasteiger partial charge in [0.1, 0.15) is 5.60 Å². The molecule has 2 N–H and O–H groups in total. The number of hydrogen-bond acceptors (Lipinski definition) is 4. The highest BCUT2D eigenvalue weighted by Gasteiger charge is 2.36. The van der Waals surface area contributed by atoms with Crippen LogP contribution in [0.2, 0.25) is 0 Å². The van der Waals surface area contributed by atoms with E-state index in [9.17, 15) is 4.79 Å². The van der Waals surface area contributed by atoms with Crippen molar-refractivity contribution in [3.05, 3.63) is 0 Å². The summed E-state index contributed by atoms with van der Waals surface area (Å²) >= 11 is 0. The molecule has 0 aromatic carbocycles. The predicted molar refractivity (Wildman–Crippen MR) is 79.5 cm³/mol. The van der Waals surface area contributed by atoms with E-state index in [0.717, 1.165) is 32.6 Å². The lowest BCUT2D eigenvalue weighted by Gasteiger charge is -2.26. The van der Waals surface area contributed by atoms with Gasteiger partial charge in [-0.25, -0.2) is 4.79 Å². The fourth-order valence-corrected chi connectivity index (χ4v) is 3.11. The summed E-state index contributed by atoms with van der Waals surface area (Å²) in [6.07, 6.45) is 2.05. The molecular weight excluding hydrogens is 254 g/mol. The molecule has 0 saturated carbocycles. The van der Waals surface area contributed by atoms with E-state index in [1.165, 1.54) is 6.42 Å². The second-order valence-electron chi connectivity index (χ2n) is 7.27. The highest BCUT2D eigenvalue weighted by molar-refractivity contribution is 5.68. The van der Waals surface area contributed by atoms with E-state index in [2.05, 4.69) is 11.8 Å². The van der Waals surface area contributed by atoms with Crippen molar-refractivity contribution in [3.63, 3.8) is 0 Å². The summed E-state index contributed by atoms with van der Waals surface area (Å²) in [4.78, 5) is 16.4. The smallest absolute Gasteiger partial charge is 0.410 e. The molecule has 20 heavy (non-hydrogen) atoms. The molecule has 3 atom stereocenters. The minimum Gasteiger partial charge on any atom is -0.444 e. The Hall–Kier alpha value is -0.810. The summed E-state index contributed by atoms with van der Waals surface area (Å²) in [5.41, 5.74) is 5.58. The summed E-state index contributed by atoms with van der Waals surface area (Å²) in [5.74, 6) is 0.602. The van der Waals surface area contributed by atoms with Gasteiger partial charge in [0.15, 0.2) is 0 Å². The van der Waals surface area contributed by atoms with Gasteiger partial charge in [-0.1, -0.05) is 0 Å². The zero-order valence-corrected chi connectivity index (χ0v) is 13.3. The van der Waals surface area contributed by atoms with Gasteiger partial charge < -0.3 is 15.4 Å². The number of carbonyl (C=O) groups is 1. The third-order valence-corrected chi connectivity index (χ3v) is 4.33. The van der Waals surface area contributed by atoms with Crippen LogP contribution in [-0.4, -0.2) is 59.8 Å². The van der Waals surface area contributed by atoms with E-state index in [-0.39, 0.29) is 12.1 Å². The first-order valence-corrected chi connectivity index (χ1v) is 7.74. The van der Waals surface area contributed by atoms with Crippen molar-refractivity contribution in [2.24, 2.45) is 11.7 Å². The summed E-state index contributed by atoms with van der Waals surface area (Å²) in [6, 6.07) is 0.745. The Morgan fingerprint density at radius 2 is 1.95 bits per heavy atom. The van der Waals surface area contributed by atoms with Crippen LogP contribution in [0.15, 0.2) is 0 Å². The number of amides is 1. The second kappa shape index (κ2) is 5.90. The fraction of sp³-hybridized carbons (Fsp3) is 0.933. The van der Waals surface area contributed by atoms with Crippen molar-refractivity contribution in [2.45, 2.75) is 58.2 Å². The molecule has 1 amide bonds. The summed E-state index contributed by atoms with van der Waals surface area (Å²) in [6.45, 7) is 11.6. The summed E-state index contributed by atoms with van der Waals surface area (Å²) in [5, 5.41) is 0. The number of rotatable bonds is 2. The maximum absolute atomic E-state index is 12.1. The summed E-state index contributed by atoms with van der Waals surface area (Å²) in [7, 11) is 0. The van der Waals surface area contributed by atoms with Crippen LogP contribution in [0.3, 0.4) is 0 Å². The van der Waals surface area contributed by atoms with Crippen LogP contribution in [0, 0.1) is 5.92 Å². The van der Waals surface area contributed by atoms with E-state index in [4.69, 9.17) is 10.5 Å². The number of likely N-dealkylation sites (tertiary alicyclic amines) is 2. The molecule has 2 aliphatic heterocycles. The van der Waals surface area contributed by atoms with Gasteiger partial charge in [-0.15, -0.1) is 0 Å². The first-order chi connectivity index (χ1) is 9.26. The lowest BCUT2D eigenvalue weighted by atomic mass is 10.0. The highest BCUT2D eigenvalue weighted by atomic mass is 16.6. The fourth-order valence-electron chi connectivity index (χ4n) is 3.11. The molecule has 2 heterocycles. The average molecular weight is 283 g/mol. The Morgan fingerprint density at radius 3 is 2.50 bits per heavy atom. The van der Waals surface area contributed by atoms with Crippen molar-refractivity contribution >= 4 is 6.09 Å². The minimum atomic E-state index is -0.414. The van der Waals surface area contributed by atoms with Crippen LogP contribution in [-0.2, 0) is 4.74 Å². The minimum absolute atomic E-state index is 0.178. The normalized spacial score (nSPS) is 29.8. The maximum atomic E-state index is 12.1. The van der Waals surface area contributed by atoms with Crippen LogP contribution in [0.4, 0.5) is 4.79 Å². The second-order valence-corrected chi connectivity index (χ2v) is 7.27. The molecule has 5 nitrogen and oxygen atoms in total. The molecule has 0 aliphatic carbocycles. The van der Waals surface area contributed by atoms with E-state index < -0.39 is 5.60 Å². The lowest BCUT2D eigenvalue weighted by molar-refractivity contribution is 0.0282. The standard InChI is InChI=1S/C15H29N3O2/c1-11(16)12-5-7-17(9-12)13-6-8-18(10-13)14(19)20-15(2,3)4/h11-13H,5-10,16H2,1-4H3. The molecule has 2 saturated heterocycles. The highest BCUT2D eigenvalue weighted by Crippen LogP contribution is 2.26. The van der Waals surface area contributed by atoms with Crippen molar-refractivity contribution in [1.29, 1.82) is 0 Å². The van der Waals surface area contributed by atoms with Gasteiger partial charge in [-0.2, -0.15) is 0 Å². The number of nitrogens with zero attached hydrogens (tertiary/aromatic N) is 2. The van der Waals surface area contributed by atoms with E-state index >= 15 is 0 Å². The van der Waals surface area contributed by atoms with Gasteiger partial charge in [-0.3, -0.25) is 4.90 Å². The zero-order chi connectivity index (χ0) is 14.9. The Balaban J connectivity index is 1.82. The molecule has 0 spiro atoms. The van der Waals surface area contributed by atoms with Gasteiger partial charge in [0, 0.05) is 31.7 Å². The van der Waals surface area contributed by atoms with Gasteiger partial charge in [0.2, 0.25) is 0 Å². The number of nitrogens with two attached hydrogens (primary N) is 1. The van der Waals surface area contributed by atoms with Crippen LogP contribution in [0.25, 0.3) is 0 Å². The van der Waals surface area contributed by atoms with Gasteiger partial charge in [0.05, 0.1) is 0 Å². The van der Waals surface area contributed by atoms with Crippen molar-refractivity contribution in [1.82, 2.24) is 9.80 Å².